The molecule has 0 atom stereocenters. The highest BCUT2D eigenvalue weighted by atomic mass is 32.2. The van der Waals surface area contributed by atoms with Gasteiger partial charge in [0.15, 0.2) is 0 Å². The predicted octanol–water partition coefficient (Wildman–Crippen LogP) is 3.19. The lowest BCUT2D eigenvalue weighted by Crippen LogP contribution is -2.18. The van der Waals surface area contributed by atoms with E-state index < -0.39 is 0 Å². The molecule has 0 amide bonds. The van der Waals surface area contributed by atoms with E-state index in [9.17, 15) is 0 Å². The van der Waals surface area contributed by atoms with E-state index in [-0.39, 0.29) is 0 Å². The first-order chi connectivity index (χ1) is 9.72. The summed E-state index contributed by atoms with van der Waals surface area (Å²) in [5, 5.41) is 3.45. The van der Waals surface area contributed by atoms with Gasteiger partial charge < -0.3 is 14.8 Å². The van der Waals surface area contributed by atoms with Gasteiger partial charge in [-0.1, -0.05) is 26.0 Å². The van der Waals surface area contributed by atoms with Crippen LogP contribution >= 0.6 is 11.8 Å². The molecule has 0 aliphatic carbocycles. The molecule has 3 nitrogen and oxygen atoms in total. The van der Waals surface area contributed by atoms with Gasteiger partial charge in [0.1, 0.15) is 0 Å². The topological polar surface area (TPSA) is 30.5 Å². The van der Waals surface area contributed by atoms with Crippen molar-refractivity contribution in [2.75, 3.05) is 39.2 Å². The van der Waals surface area contributed by atoms with Crippen LogP contribution in [0.3, 0.4) is 0 Å². The Kier molecular flexibility index (Phi) is 9.75. The van der Waals surface area contributed by atoms with Crippen molar-refractivity contribution in [2.45, 2.75) is 25.3 Å². The summed E-state index contributed by atoms with van der Waals surface area (Å²) in [4.78, 5) is 1.30. The second-order valence-electron chi connectivity index (χ2n) is 5.12. The average molecular weight is 297 g/mol. The predicted molar refractivity (Wildman–Crippen MR) is 86.4 cm³/mol. The van der Waals surface area contributed by atoms with Crippen LogP contribution in [0, 0.1) is 5.92 Å². The standard InChI is InChI=1S/C16H27NO2S/c1-14(2)12-17-13-15-4-6-16(7-5-15)20-11-10-19-9-8-18-3/h4-7,14,17H,8-13H2,1-3H3. The maximum Gasteiger partial charge on any atom is 0.0700 e. The zero-order chi connectivity index (χ0) is 14.6. The largest absolute Gasteiger partial charge is 0.382 e. The molecule has 0 heterocycles. The lowest BCUT2D eigenvalue weighted by Gasteiger charge is -2.08. The van der Waals surface area contributed by atoms with E-state index in [1.165, 1.54) is 10.5 Å². The first-order valence-electron chi connectivity index (χ1n) is 7.21. The molecule has 0 bridgehead atoms. The summed E-state index contributed by atoms with van der Waals surface area (Å²) in [5.41, 5.74) is 1.34. The van der Waals surface area contributed by atoms with Crippen LogP contribution in [0.4, 0.5) is 0 Å². The Bertz CT molecular complexity index is 341. The Morgan fingerprint density at radius 2 is 1.85 bits per heavy atom. The lowest BCUT2D eigenvalue weighted by atomic mass is 10.2. The second kappa shape index (κ2) is 11.1. The Morgan fingerprint density at radius 3 is 2.50 bits per heavy atom. The Balaban J connectivity index is 2.15. The van der Waals surface area contributed by atoms with Crippen LogP contribution in [0.25, 0.3) is 0 Å². The van der Waals surface area contributed by atoms with Crippen molar-refractivity contribution in [1.29, 1.82) is 0 Å². The minimum absolute atomic E-state index is 0.669. The number of hydrogen-bond donors (Lipinski definition) is 1. The molecule has 1 rings (SSSR count). The van der Waals surface area contributed by atoms with Crippen molar-refractivity contribution >= 4 is 11.8 Å². The zero-order valence-electron chi connectivity index (χ0n) is 12.9. The van der Waals surface area contributed by atoms with Crippen LogP contribution in [0.2, 0.25) is 0 Å². The summed E-state index contributed by atoms with van der Waals surface area (Å²) in [5.74, 6) is 1.68. The zero-order valence-corrected chi connectivity index (χ0v) is 13.7. The van der Waals surface area contributed by atoms with Crippen LogP contribution in [0.1, 0.15) is 19.4 Å². The molecular formula is C16H27NO2S. The average Bonchev–Trinajstić information content (AvgIpc) is 2.44. The first-order valence-corrected chi connectivity index (χ1v) is 8.20. The first kappa shape index (κ1) is 17.5. The molecule has 1 aromatic carbocycles. The molecule has 1 aromatic rings. The highest BCUT2D eigenvalue weighted by Crippen LogP contribution is 2.18. The molecule has 0 unspecified atom stereocenters. The van der Waals surface area contributed by atoms with Crippen LogP contribution in [-0.4, -0.2) is 39.2 Å². The Morgan fingerprint density at radius 1 is 1.10 bits per heavy atom. The quantitative estimate of drug-likeness (QED) is 0.502. The summed E-state index contributed by atoms with van der Waals surface area (Å²) >= 11 is 1.83. The third kappa shape index (κ3) is 8.59. The third-order valence-electron chi connectivity index (χ3n) is 2.73. The van der Waals surface area contributed by atoms with E-state index in [4.69, 9.17) is 9.47 Å². The normalized spacial score (nSPS) is 11.2. The van der Waals surface area contributed by atoms with Gasteiger partial charge in [0.05, 0.1) is 19.8 Å². The SMILES string of the molecule is COCCOCCSc1ccc(CNCC(C)C)cc1. The molecule has 0 aliphatic rings. The maximum absolute atomic E-state index is 5.44. The highest BCUT2D eigenvalue weighted by molar-refractivity contribution is 7.99. The van der Waals surface area contributed by atoms with Crippen LogP contribution in [-0.2, 0) is 16.0 Å². The third-order valence-corrected chi connectivity index (χ3v) is 3.71. The van der Waals surface area contributed by atoms with Crippen molar-refractivity contribution in [3.05, 3.63) is 29.8 Å². The van der Waals surface area contributed by atoms with Crippen molar-refractivity contribution in [2.24, 2.45) is 5.92 Å². The summed E-state index contributed by atoms with van der Waals surface area (Å²) in [6.07, 6.45) is 0. The van der Waals surface area contributed by atoms with Crippen LogP contribution in [0.15, 0.2) is 29.2 Å². The van der Waals surface area contributed by atoms with E-state index >= 15 is 0 Å². The molecule has 0 radical (unpaired) electrons. The fraction of sp³-hybridized carbons (Fsp3) is 0.625. The Hall–Kier alpha value is -0.550. The molecule has 0 aliphatic heterocycles. The van der Waals surface area contributed by atoms with Gasteiger partial charge in [-0.25, -0.2) is 0 Å². The van der Waals surface area contributed by atoms with Crippen molar-refractivity contribution in [1.82, 2.24) is 5.32 Å². The van der Waals surface area contributed by atoms with Gasteiger partial charge >= 0.3 is 0 Å². The van der Waals surface area contributed by atoms with Gasteiger partial charge in [-0.15, -0.1) is 11.8 Å². The van der Waals surface area contributed by atoms with E-state index in [0.29, 0.717) is 19.1 Å². The molecule has 0 saturated carbocycles. The number of rotatable bonds is 11. The van der Waals surface area contributed by atoms with Crippen molar-refractivity contribution in [3.63, 3.8) is 0 Å². The van der Waals surface area contributed by atoms with Gasteiger partial charge in [0, 0.05) is 24.3 Å². The molecular weight excluding hydrogens is 270 g/mol. The molecule has 4 heteroatoms. The number of methoxy groups -OCH3 is 1. The number of ether oxygens (including phenoxy) is 2. The fourth-order valence-corrected chi connectivity index (χ4v) is 2.44. The maximum atomic E-state index is 5.44. The van der Waals surface area contributed by atoms with E-state index in [2.05, 4.69) is 43.4 Å². The molecule has 0 fully saturated rings. The van der Waals surface area contributed by atoms with E-state index in [1.54, 1.807) is 7.11 Å². The van der Waals surface area contributed by atoms with Gasteiger partial charge in [0.25, 0.3) is 0 Å². The minimum atomic E-state index is 0.669. The van der Waals surface area contributed by atoms with E-state index in [1.807, 2.05) is 11.8 Å². The number of thioether (sulfide) groups is 1. The minimum Gasteiger partial charge on any atom is -0.382 e. The highest BCUT2D eigenvalue weighted by Gasteiger charge is 1.97. The second-order valence-corrected chi connectivity index (χ2v) is 6.29. The van der Waals surface area contributed by atoms with Gasteiger partial charge in [-0.05, 0) is 30.2 Å². The molecule has 0 saturated heterocycles. The molecule has 1 N–H and O–H groups in total. The van der Waals surface area contributed by atoms with Crippen molar-refractivity contribution in [3.8, 4) is 0 Å². The van der Waals surface area contributed by atoms with Crippen LogP contribution < -0.4 is 5.32 Å². The Labute approximate surface area is 127 Å². The summed E-state index contributed by atoms with van der Waals surface area (Å²) < 4.78 is 10.4. The van der Waals surface area contributed by atoms with Gasteiger partial charge in [-0.3, -0.25) is 0 Å². The lowest BCUT2D eigenvalue weighted by molar-refractivity contribution is 0.0790. The van der Waals surface area contributed by atoms with Crippen molar-refractivity contribution < 1.29 is 9.47 Å². The summed E-state index contributed by atoms with van der Waals surface area (Å²) in [7, 11) is 1.69. The monoisotopic (exact) mass is 297 g/mol. The number of nitrogens with one attached hydrogen (secondary N) is 1. The number of hydrogen-bond acceptors (Lipinski definition) is 4. The van der Waals surface area contributed by atoms with E-state index in [0.717, 1.165) is 25.4 Å². The van der Waals surface area contributed by atoms with Crippen LogP contribution in [0.5, 0.6) is 0 Å². The fourth-order valence-electron chi connectivity index (χ4n) is 1.67. The molecule has 0 spiro atoms. The smallest absolute Gasteiger partial charge is 0.0700 e. The molecule has 20 heavy (non-hydrogen) atoms. The summed E-state index contributed by atoms with van der Waals surface area (Å²) in [6, 6.07) is 8.77. The number of benzene rings is 1. The molecule has 114 valence electrons. The van der Waals surface area contributed by atoms with Gasteiger partial charge in [0.2, 0.25) is 0 Å². The summed E-state index contributed by atoms with van der Waals surface area (Å²) in [6.45, 7) is 8.58. The molecule has 0 aromatic heterocycles. The van der Waals surface area contributed by atoms with Gasteiger partial charge in [-0.2, -0.15) is 0 Å².